The number of hydrogen-bond acceptors (Lipinski definition) is 5. The minimum absolute atomic E-state index is 0.235. The summed E-state index contributed by atoms with van der Waals surface area (Å²) in [6.07, 6.45) is 1.64. The topological polar surface area (TPSA) is 52.0 Å². The quantitative estimate of drug-likeness (QED) is 0.385. The maximum Gasteiger partial charge on any atom is 0.210 e. The molecule has 0 unspecified atom stereocenters. The van der Waals surface area contributed by atoms with Gasteiger partial charge >= 0.3 is 0 Å². The van der Waals surface area contributed by atoms with Gasteiger partial charge in [0.1, 0.15) is 24.5 Å². The third-order valence-corrected chi connectivity index (χ3v) is 5.46. The fourth-order valence-electron chi connectivity index (χ4n) is 2.86. The van der Waals surface area contributed by atoms with Crippen molar-refractivity contribution >= 4 is 11.8 Å². The molecule has 7 heteroatoms. The second-order valence-corrected chi connectivity index (χ2v) is 7.56. The summed E-state index contributed by atoms with van der Waals surface area (Å²) in [6.45, 7) is 1.08. The monoisotopic (exact) mass is 420 g/mol. The van der Waals surface area contributed by atoms with Crippen molar-refractivity contribution in [2.45, 2.75) is 24.1 Å². The molecule has 0 fully saturated rings. The molecule has 0 aliphatic rings. The molecule has 0 amide bonds. The molecule has 3 aromatic carbocycles. The molecule has 1 heterocycles. The van der Waals surface area contributed by atoms with Gasteiger partial charge in [0, 0.05) is 11.3 Å². The van der Waals surface area contributed by atoms with Gasteiger partial charge < -0.3 is 10.2 Å². The highest BCUT2D eigenvalue weighted by Crippen LogP contribution is 2.22. The SMILES string of the molecule is Fc1ccc(CSc2nncn2NCc2ccccc2OCc2ccccc2)cc1. The Labute approximate surface area is 178 Å². The highest BCUT2D eigenvalue weighted by atomic mass is 32.2. The standard InChI is InChI=1S/C23H21FN4OS/c24-21-12-10-19(11-13-21)16-30-23-27-25-17-28(23)26-14-20-8-4-5-9-22(20)29-15-18-6-2-1-3-7-18/h1-13,17,26H,14-16H2. The number of ether oxygens (including phenoxy) is 1. The Morgan fingerprint density at radius 2 is 1.67 bits per heavy atom. The Balaban J connectivity index is 1.36. The summed E-state index contributed by atoms with van der Waals surface area (Å²) >= 11 is 1.53. The average molecular weight is 421 g/mol. The van der Waals surface area contributed by atoms with Gasteiger partial charge in [0.25, 0.3) is 0 Å². The van der Waals surface area contributed by atoms with Gasteiger partial charge in [0.15, 0.2) is 0 Å². The summed E-state index contributed by atoms with van der Waals surface area (Å²) < 4.78 is 20.9. The van der Waals surface area contributed by atoms with Crippen molar-refractivity contribution in [1.82, 2.24) is 14.9 Å². The van der Waals surface area contributed by atoms with E-state index < -0.39 is 0 Å². The summed E-state index contributed by atoms with van der Waals surface area (Å²) in [6, 6.07) is 24.5. The first kappa shape index (κ1) is 20.0. The zero-order valence-corrected chi connectivity index (χ0v) is 17.1. The van der Waals surface area contributed by atoms with E-state index >= 15 is 0 Å². The molecule has 1 N–H and O–H groups in total. The smallest absolute Gasteiger partial charge is 0.210 e. The largest absolute Gasteiger partial charge is 0.489 e. The first-order valence-corrected chi connectivity index (χ1v) is 10.5. The zero-order chi connectivity index (χ0) is 20.6. The number of hydrogen-bond donors (Lipinski definition) is 1. The second kappa shape index (κ2) is 9.93. The van der Waals surface area contributed by atoms with Crippen LogP contribution in [0.3, 0.4) is 0 Å². The molecule has 0 saturated heterocycles. The van der Waals surface area contributed by atoms with E-state index in [4.69, 9.17) is 4.74 Å². The van der Waals surface area contributed by atoms with Gasteiger partial charge in [0.05, 0.1) is 6.54 Å². The molecule has 0 aliphatic carbocycles. The van der Waals surface area contributed by atoms with Crippen molar-refractivity contribution in [2.75, 3.05) is 5.43 Å². The van der Waals surface area contributed by atoms with Crippen LogP contribution < -0.4 is 10.2 Å². The third kappa shape index (κ3) is 5.39. The summed E-state index contributed by atoms with van der Waals surface area (Å²) in [5, 5.41) is 8.90. The van der Waals surface area contributed by atoms with Crippen LogP contribution >= 0.6 is 11.8 Å². The van der Waals surface area contributed by atoms with Gasteiger partial charge in [-0.3, -0.25) is 0 Å². The predicted octanol–water partition coefficient (Wildman–Crippen LogP) is 5.03. The Kier molecular flexibility index (Phi) is 6.61. The van der Waals surface area contributed by atoms with Crippen molar-refractivity contribution in [1.29, 1.82) is 0 Å². The first-order chi connectivity index (χ1) is 14.8. The fraction of sp³-hybridized carbons (Fsp3) is 0.130. The minimum Gasteiger partial charge on any atom is -0.489 e. The van der Waals surface area contributed by atoms with E-state index in [1.165, 1.54) is 23.9 Å². The Hall–Kier alpha value is -3.32. The number of nitrogens with zero attached hydrogens (tertiary/aromatic N) is 3. The van der Waals surface area contributed by atoms with Gasteiger partial charge in [-0.15, -0.1) is 10.2 Å². The van der Waals surface area contributed by atoms with Gasteiger partial charge in [-0.05, 0) is 29.3 Å². The average Bonchev–Trinajstić information content (AvgIpc) is 3.24. The number of thioether (sulfide) groups is 1. The van der Waals surface area contributed by atoms with Crippen LogP contribution in [0.2, 0.25) is 0 Å². The molecule has 152 valence electrons. The van der Waals surface area contributed by atoms with Crippen LogP contribution in [0.4, 0.5) is 4.39 Å². The number of rotatable bonds is 9. The van der Waals surface area contributed by atoms with Crippen molar-refractivity contribution in [2.24, 2.45) is 0 Å². The van der Waals surface area contributed by atoms with Crippen LogP contribution in [-0.2, 0) is 18.9 Å². The van der Waals surface area contributed by atoms with E-state index in [0.29, 0.717) is 18.9 Å². The number of aromatic nitrogens is 3. The van der Waals surface area contributed by atoms with Crippen LogP contribution in [0.25, 0.3) is 0 Å². The van der Waals surface area contributed by atoms with Crippen molar-refractivity contribution < 1.29 is 9.13 Å². The van der Waals surface area contributed by atoms with E-state index in [0.717, 1.165) is 27.6 Å². The molecule has 30 heavy (non-hydrogen) atoms. The van der Waals surface area contributed by atoms with E-state index in [1.54, 1.807) is 23.1 Å². The lowest BCUT2D eigenvalue weighted by atomic mass is 10.2. The molecular weight excluding hydrogens is 399 g/mol. The summed E-state index contributed by atoms with van der Waals surface area (Å²) in [4.78, 5) is 0. The number of benzene rings is 3. The molecule has 5 nitrogen and oxygen atoms in total. The number of para-hydroxylation sites is 1. The molecule has 0 atom stereocenters. The molecule has 1 aromatic heterocycles. The van der Waals surface area contributed by atoms with Crippen molar-refractivity contribution in [3.05, 3.63) is 108 Å². The van der Waals surface area contributed by atoms with E-state index in [2.05, 4.69) is 15.6 Å². The van der Waals surface area contributed by atoms with Crippen molar-refractivity contribution in [3.8, 4) is 5.75 Å². The van der Waals surface area contributed by atoms with Crippen LogP contribution in [0.5, 0.6) is 5.75 Å². The van der Waals surface area contributed by atoms with Gasteiger partial charge in [-0.25, -0.2) is 9.07 Å². The number of halogens is 1. The Morgan fingerprint density at radius 3 is 2.50 bits per heavy atom. The van der Waals surface area contributed by atoms with Gasteiger partial charge in [-0.1, -0.05) is 72.4 Å². The first-order valence-electron chi connectivity index (χ1n) is 9.54. The lowest BCUT2D eigenvalue weighted by Gasteiger charge is -2.14. The van der Waals surface area contributed by atoms with Gasteiger partial charge in [0.2, 0.25) is 5.16 Å². The molecular formula is C23H21FN4OS. The summed E-state index contributed by atoms with van der Waals surface area (Å²) in [5.41, 5.74) is 6.51. The molecule has 0 bridgehead atoms. The normalized spacial score (nSPS) is 10.7. The molecule has 0 saturated carbocycles. The Bertz CT molecular complexity index is 1070. The van der Waals surface area contributed by atoms with Gasteiger partial charge in [-0.2, -0.15) is 0 Å². The molecule has 4 aromatic rings. The highest BCUT2D eigenvalue weighted by Gasteiger charge is 2.08. The molecule has 0 spiro atoms. The molecule has 4 rings (SSSR count). The van der Waals surface area contributed by atoms with Crippen LogP contribution in [0.15, 0.2) is 90.3 Å². The van der Waals surface area contributed by atoms with E-state index in [9.17, 15) is 4.39 Å². The number of nitrogens with one attached hydrogen (secondary N) is 1. The lowest BCUT2D eigenvalue weighted by molar-refractivity contribution is 0.303. The maximum absolute atomic E-state index is 13.1. The summed E-state index contributed by atoms with van der Waals surface area (Å²) in [7, 11) is 0. The van der Waals surface area contributed by atoms with E-state index in [-0.39, 0.29) is 5.82 Å². The Morgan fingerprint density at radius 1 is 0.900 bits per heavy atom. The molecule has 0 aliphatic heterocycles. The lowest BCUT2D eigenvalue weighted by Crippen LogP contribution is -2.15. The highest BCUT2D eigenvalue weighted by molar-refractivity contribution is 7.98. The zero-order valence-electron chi connectivity index (χ0n) is 16.2. The minimum atomic E-state index is -0.235. The predicted molar refractivity (Wildman–Crippen MR) is 116 cm³/mol. The summed E-state index contributed by atoms with van der Waals surface area (Å²) in [5.74, 6) is 1.28. The van der Waals surface area contributed by atoms with Crippen LogP contribution in [-0.4, -0.2) is 14.9 Å². The van der Waals surface area contributed by atoms with E-state index in [1.807, 2.05) is 54.6 Å². The maximum atomic E-state index is 13.1. The van der Waals surface area contributed by atoms with Crippen molar-refractivity contribution in [3.63, 3.8) is 0 Å². The fourth-order valence-corrected chi connectivity index (χ4v) is 3.70. The third-order valence-electron chi connectivity index (χ3n) is 4.45. The molecule has 0 radical (unpaired) electrons. The van der Waals surface area contributed by atoms with Crippen LogP contribution in [0.1, 0.15) is 16.7 Å². The second-order valence-electron chi connectivity index (χ2n) is 6.62. The van der Waals surface area contributed by atoms with Crippen LogP contribution in [0, 0.1) is 5.82 Å².